The normalized spacial score (nSPS) is 44.7. The molecule has 210 valence electrons. The Labute approximate surface area is 231 Å². The largest absolute Gasteiger partial charge is 0.461 e. The minimum absolute atomic E-state index is 0.0221. The fraction of sp³-hybridized carbons (Fsp3) is 0.767. The lowest BCUT2D eigenvalue weighted by atomic mass is 9.44. The SMILES string of the molecule is C=C[C@]1(C)C[C@@H](OC(=O)CSC2CCC(Nc3ncc[nH]3)C2)[C@]2(C)[C@H](C)CCC3(CCC(=O)[C@H]32)[C@@H](C)[C@@H]1O. The maximum absolute atomic E-state index is 13.5. The van der Waals surface area contributed by atoms with Gasteiger partial charge in [-0.3, -0.25) is 9.59 Å². The van der Waals surface area contributed by atoms with Gasteiger partial charge in [-0.25, -0.2) is 4.98 Å². The number of anilines is 1. The number of hydrogen-bond donors (Lipinski definition) is 3. The fourth-order valence-electron chi connectivity index (χ4n) is 8.64. The van der Waals surface area contributed by atoms with Gasteiger partial charge in [0.05, 0.1) is 11.9 Å². The van der Waals surface area contributed by atoms with Crippen molar-refractivity contribution in [2.24, 2.45) is 34.0 Å². The van der Waals surface area contributed by atoms with Crippen molar-refractivity contribution in [2.75, 3.05) is 11.1 Å². The zero-order valence-corrected chi connectivity index (χ0v) is 24.2. The van der Waals surface area contributed by atoms with Crippen LogP contribution in [0.15, 0.2) is 25.0 Å². The Balaban J connectivity index is 1.32. The van der Waals surface area contributed by atoms with Crippen LogP contribution in [-0.4, -0.2) is 56.1 Å². The second-order valence-electron chi connectivity index (χ2n) is 13.1. The van der Waals surface area contributed by atoms with Crippen LogP contribution in [0.2, 0.25) is 0 Å². The number of nitrogens with zero attached hydrogens (tertiary/aromatic N) is 1. The van der Waals surface area contributed by atoms with Gasteiger partial charge in [0.1, 0.15) is 11.9 Å². The Morgan fingerprint density at radius 1 is 1.32 bits per heavy atom. The minimum Gasteiger partial charge on any atom is -0.461 e. The number of aliphatic hydroxyl groups excluding tert-OH is 1. The Bertz CT molecular complexity index is 1050. The van der Waals surface area contributed by atoms with Gasteiger partial charge in [-0.15, -0.1) is 18.3 Å². The van der Waals surface area contributed by atoms with Gasteiger partial charge >= 0.3 is 5.97 Å². The third-order valence-corrected chi connectivity index (χ3v) is 12.5. The molecule has 4 fully saturated rings. The van der Waals surface area contributed by atoms with Crippen molar-refractivity contribution in [3.8, 4) is 0 Å². The lowest BCUT2D eigenvalue weighted by Crippen LogP contribution is -2.63. The molecule has 1 heterocycles. The third kappa shape index (κ3) is 4.53. The van der Waals surface area contributed by atoms with Crippen molar-refractivity contribution in [3.63, 3.8) is 0 Å². The quantitative estimate of drug-likeness (QED) is 0.313. The van der Waals surface area contributed by atoms with E-state index in [-0.39, 0.29) is 34.9 Å². The molecule has 10 atom stereocenters. The highest BCUT2D eigenvalue weighted by Crippen LogP contribution is 2.68. The van der Waals surface area contributed by atoms with Crippen LogP contribution in [0, 0.1) is 34.0 Å². The number of imidazole rings is 1. The van der Waals surface area contributed by atoms with E-state index in [4.69, 9.17) is 4.74 Å². The van der Waals surface area contributed by atoms with E-state index in [1.807, 2.05) is 19.2 Å². The molecular weight excluding hydrogens is 498 g/mol. The van der Waals surface area contributed by atoms with Crippen molar-refractivity contribution < 1.29 is 19.4 Å². The van der Waals surface area contributed by atoms with Gasteiger partial charge in [-0.2, -0.15) is 0 Å². The summed E-state index contributed by atoms with van der Waals surface area (Å²) < 4.78 is 6.39. The molecule has 3 N–H and O–H groups in total. The summed E-state index contributed by atoms with van der Waals surface area (Å²) >= 11 is 1.67. The van der Waals surface area contributed by atoms with Crippen LogP contribution in [0.5, 0.6) is 0 Å². The summed E-state index contributed by atoms with van der Waals surface area (Å²) in [7, 11) is 0. The lowest BCUT2D eigenvalue weighted by molar-refractivity contribution is -0.205. The Morgan fingerprint density at radius 3 is 2.82 bits per heavy atom. The number of nitrogens with one attached hydrogen (secondary N) is 2. The molecule has 0 aliphatic heterocycles. The predicted octanol–water partition coefficient (Wildman–Crippen LogP) is 5.38. The molecule has 2 bridgehead atoms. The van der Waals surface area contributed by atoms with Gasteiger partial charge in [0.2, 0.25) is 0 Å². The van der Waals surface area contributed by atoms with E-state index in [0.29, 0.717) is 29.9 Å². The molecular formula is C30H45N3O4S. The molecule has 7 nitrogen and oxygen atoms in total. The molecule has 0 aromatic carbocycles. The van der Waals surface area contributed by atoms with Crippen LogP contribution in [0.1, 0.15) is 79.1 Å². The number of aromatic nitrogens is 2. The molecule has 0 saturated heterocycles. The number of hydrogen-bond acceptors (Lipinski definition) is 7. The Kier molecular flexibility index (Phi) is 7.53. The molecule has 4 aliphatic rings. The molecule has 1 aromatic heterocycles. The second-order valence-corrected chi connectivity index (χ2v) is 14.4. The number of rotatable bonds is 7. The van der Waals surface area contributed by atoms with Crippen molar-refractivity contribution in [1.29, 1.82) is 0 Å². The minimum atomic E-state index is -0.640. The van der Waals surface area contributed by atoms with Gasteiger partial charge in [-0.05, 0) is 62.2 Å². The highest BCUT2D eigenvalue weighted by atomic mass is 32.2. The van der Waals surface area contributed by atoms with Crippen LogP contribution in [0.3, 0.4) is 0 Å². The van der Waals surface area contributed by atoms with E-state index in [1.54, 1.807) is 18.0 Å². The van der Waals surface area contributed by atoms with E-state index in [9.17, 15) is 14.7 Å². The van der Waals surface area contributed by atoms with Crippen molar-refractivity contribution >= 4 is 29.5 Å². The fourth-order valence-corrected chi connectivity index (χ4v) is 9.75. The van der Waals surface area contributed by atoms with E-state index >= 15 is 0 Å². The van der Waals surface area contributed by atoms with Crippen LogP contribution in [0.25, 0.3) is 0 Å². The molecule has 3 unspecified atom stereocenters. The summed E-state index contributed by atoms with van der Waals surface area (Å²) in [5.74, 6) is 1.19. The van der Waals surface area contributed by atoms with Crippen LogP contribution < -0.4 is 5.32 Å². The van der Waals surface area contributed by atoms with Gasteiger partial charge in [0.15, 0.2) is 5.95 Å². The molecule has 0 radical (unpaired) electrons. The van der Waals surface area contributed by atoms with E-state index < -0.39 is 23.0 Å². The standard InChI is InChI=1S/C30H45N3O4S/c1-6-28(4)16-23(37-24(35)17-38-21-8-7-20(15-21)33-27-31-13-14-32-27)29(5)18(2)9-11-30(19(3)26(28)36)12-10-22(34)25(29)30/h6,13-14,18-21,23,25-26,36H,1,7-12,15-17H2,2-5H3,(H2,31,32,33)/t18-,19+,20?,21?,23-,25+,26+,28-,29+,30?/m1/s1. The number of carbonyl (C=O) groups is 2. The van der Waals surface area contributed by atoms with Crippen LogP contribution in [-0.2, 0) is 14.3 Å². The van der Waals surface area contributed by atoms with Gasteiger partial charge in [-0.1, -0.05) is 33.8 Å². The number of carbonyl (C=O) groups excluding carboxylic acids is 2. The number of thioether (sulfide) groups is 1. The Morgan fingerprint density at radius 2 is 2.11 bits per heavy atom. The highest BCUT2D eigenvalue weighted by molar-refractivity contribution is 8.00. The predicted molar refractivity (Wildman–Crippen MR) is 151 cm³/mol. The average Bonchev–Trinajstić information content (AvgIpc) is 3.65. The van der Waals surface area contributed by atoms with Crippen molar-refractivity contribution in [3.05, 3.63) is 25.0 Å². The smallest absolute Gasteiger partial charge is 0.316 e. The monoisotopic (exact) mass is 543 g/mol. The lowest BCUT2D eigenvalue weighted by Gasteiger charge is -2.61. The molecule has 1 aromatic rings. The van der Waals surface area contributed by atoms with Gasteiger partial charge < -0.3 is 20.1 Å². The first kappa shape index (κ1) is 27.8. The van der Waals surface area contributed by atoms with E-state index in [2.05, 4.69) is 42.6 Å². The van der Waals surface area contributed by atoms with Crippen LogP contribution in [0.4, 0.5) is 5.95 Å². The summed E-state index contributed by atoms with van der Waals surface area (Å²) in [5.41, 5.74) is -1.31. The summed E-state index contributed by atoms with van der Waals surface area (Å²) in [5, 5.41) is 15.5. The van der Waals surface area contributed by atoms with E-state index in [1.165, 1.54) is 0 Å². The summed E-state index contributed by atoms with van der Waals surface area (Å²) in [6.07, 6.45) is 11.2. The zero-order chi connectivity index (χ0) is 27.3. The summed E-state index contributed by atoms with van der Waals surface area (Å²) in [6, 6.07) is 0.348. The highest BCUT2D eigenvalue weighted by Gasteiger charge is 2.68. The molecule has 0 amide bonds. The van der Waals surface area contributed by atoms with Gasteiger partial charge in [0, 0.05) is 46.9 Å². The number of Topliss-reactive ketones (excluding diaryl/α,β-unsaturated/α-hetero) is 1. The van der Waals surface area contributed by atoms with Crippen LogP contribution >= 0.6 is 11.8 Å². The number of H-pyrrole nitrogens is 1. The summed E-state index contributed by atoms with van der Waals surface area (Å²) in [6.45, 7) is 12.7. The Hall–Kier alpha value is -1.80. The number of aromatic amines is 1. The second kappa shape index (κ2) is 10.3. The first-order chi connectivity index (χ1) is 18.0. The molecule has 5 rings (SSSR count). The third-order valence-electron chi connectivity index (χ3n) is 11.2. The van der Waals surface area contributed by atoms with Crippen molar-refractivity contribution in [1.82, 2.24) is 9.97 Å². The van der Waals surface area contributed by atoms with Crippen molar-refractivity contribution in [2.45, 2.75) is 103 Å². The molecule has 4 saturated carbocycles. The average molecular weight is 544 g/mol. The number of ketones is 1. The molecule has 8 heteroatoms. The first-order valence-electron chi connectivity index (χ1n) is 14.4. The first-order valence-corrected chi connectivity index (χ1v) is 15.5. The maximum Gasteiger partial charge on any atom is 0.316 e. The molecule has 38 heavy (non-hydrogen) atoms. The zero-order valence-electron chi connectivity index (χ0n) is 23.4. The van der Waals surface area contributed by atoms with Gasteiger partial charge in [0.25, 0.3) is 0 Å². The topological polar surface area (TPSA) is 104 Å². The van der Waals surface area contributed by atoms with E-state index in [0.717, 1.165) is 44.5 Å². The summed E-state index contributed by atoms with van der Waals surface area (Å²) in [4.78, 5) is 34.3. The number of aliphatic hydroxyl groups is 1. The molecule has 4 aliphatic carbocycles. The number of ether oxygens (including phenoxy) is 1. The molecule has 0 spiro atoms. The maximum atomic E-state index is 13.5. The number of esters is 1.